The summed E-state index contributed by atoms with van der Waals surface area (Å²) >= 11 is 5.99. The molecular weight excluding hydrogens is 314 g/mol. The molecule has 5 nitrogen and oxygen atoms in total. The summed E-state index contributed by atoms with van der Waals surface area (Å²) in [6, 6.07) is 5.61. The third-order valence-corrected chi connectivity index (χ3v) is 4.78. The number of nitrogens with zero attached hydrogens (tertiary/aromatic N) is 3. The van der Waals surface area contributed by atoms with Crippen LogP contribution in [0, 0.1) is 12.3 Å². The minimum Gasteiger partial charge on any atom is -0.490 e. The third-order valence-electron chi connectivity index (χ3n) is 4.55. The van der Waals surface area contributed by atoms with Crippen LogP contribution >= 0.6 is 11.6 Å². The van der Waals surface area contributed by atoms with Crippen molar-refractivity contribution in [3.8, 4) is 5.75 Å². The van der Waals surface area contributed by atoms with Gasteiger partial charge in [0.25, 0.3) is 0 Å². The van der Waals surface area contributed by atoms with Gasteiger partial charge in [-0.15, -0.1) is 0 Å². The van der Waals surface area contributed by atoms with E-state index in [1.54, 1.807) is 13.4 Å². The number of hydrogen-bond acceptors (Lipinski definition) is 4. The van der Waals surface area contributed by atoms with Gasteiger partial charge in [-0.25, -0.2) is 4.98 Å². The fourth-order valence-electron chi connectivity index (χ4n) is 2.41. The van der Waals surface area contributed by atoms with Crippen molar-refractivity contribution in [1.29, 1.82) is 0 Å². The first kappa shape index (κ1) is 17.8. The van der Waals surface area contributed by atoms with Crippen LogP contribution in [0.1, 0.15) is 26.3 Å². The van der Waals surface area contributed by atoms with Crippen molar-refractivity contribution in [2.75, 3.05) is 13.7 Å². The van der Waals surface area contributed by atoms with Gasteiger partial charge < -0.3 is 9.47 Å². The van der Waals surface area contributed by atoms with Gasteiger partial charge in [0.05, 0.1) is 6.54 Å². The van der Waals surface area contributed by atoms with E-state index in [-0.39, 0.29) is 5.41 Å². The van der Waals surface area contributed by atoms with E-state index in [1.807, 2.05) is 29.8 Å². The maximum Gasteiger partial charge on any atom is 0.137 e. The van der Waals surface area contributed by atoms with Gasteiger partial charge in [0.2, 0.25) is 0 Å². The Morgan fingerprint density at radius 1 is 1.26 bits per heavy atom. The van der Waals surface area contributed by atoms with Crippen LogP contribution in [0.2, 0.25) is 5.02 Å². The Labute approximate surface area is 142 Å². The van der Waals surface area contributed by atoms with Gasteiger partial charge in [-0.3, -0.25) is 4.68 Å². The van der Waals surface area contributed by atoms with Crippen LogP contribution in [0.4, 0.5) is 0 Å². The topological polar surface area (TPSA) is 49.2 Å². The van der Waals surface area contributed by atoms with Gasteiger partial charge in [-0.2, -0.15) is 5.10 Å². The molecule has 0 aliphatic rings. The molecule has 0 aliphatic carbocycles. The number of halogens is 1. The second kappa shape index (κ2) is 6.89. The number of benzene rings is 1. The largest absolute Gasteiger partial charge is 0.490 e. The van der Waals surface area contributed by atoms with Gasteiger partial charge in [0.1, 0.15) is 30.6 Å². The number of aryl methyl sites for hydroxylation is 1. The SMILES string of the molecule is COC(C)(COc1ccc(Cl)cc1C)C(C)(C)Cn1cncn1. The zero-order chi connectivity index (χ0) is 17.1. The fraction of sp³-hybridized carbons (Fsp3) is 0.529. The number of rotatable bonds is 7. The molecule has 1 aromatic carbocycles. The number of methoxy groups -OCH3 is 1. The van der Waals surface area contributed by atoms with E-state index < -0.39 is 5.60 Å². The Morgan fingerprint density at radius 3 is 2.57 bits per heavy atom. The predicted octanol–water partition coefficient (Wildman–Crippen LogP) is 3.75. The highest BCUT2D eigenvalue weighted by Gasteiger charge is 2.43. The first-order chi connectivity index (χ1) is 10.8. The molecule has 0 radical (unpaired) electrons. The standard InChI is InChI=1S/C17H24ClN3O2/c1-13-8-14(18)6-7-15(13)23-10-17(4,22-5)16(2,3)9-21-12-19-11-20-21/h6-8,11-12H,9-10H2,1-5H3. The molecule has 23 heavy (non-hydrogen) atoms. The first-order valence-corrected chi connectivity index (χ1v) is 7.92. The molecule has 0 amide bonds. The van der Waals surface area contributed by atoms with Crippen molar-refractivity contribution < 1.29 is 9.47 Å². The Hall–Kier alpha value is -1.59. The zero-order valence-electron chi connectivity index (χ0n) is 14.3. The molecule has 6 heteroatoms. The number of ether oxygens (including phenoxy) is 2. The smallest absolute Gasteiger partial charge is 0.137 e. The predicted molar refractivity (Wildman–Crippen MR) is 90.9 cm³/mol. The molecule has 0 saturated heterocycles. The van der Waals surface area contributed by atoms with Gasteiger partial charge in [0.15, 0.2) is 0 Å². The maximum absolute atomic E-state index is 6.02. The highest BCUT2D eigenvalue weighted by molar-refractivity contribution is 6.30. The molecule has 0 aliphatic heterocycles. The fourth-order valence-corrected chi connectivity index (χ4v) is 2.63. The summed E-state index contributed by atoms with van der Waals surface area (Å²) in [6.45, 7) is 9.40. The molecule has 1 heterocycles. The Bertz CT molecular complexity index is 643. The van der Waals surface area contributed by atoms with E-state index in [4.69, 9.17) is 21.1 Å². The molecular formula is C17H24ClN3O2. The van der Waals surface area contributed by atoms with Crippen molar-refractivity contribution in [1.82, 2.24) is 14.8 Å². The normalized spacial score (nSPS) is 14.5. The summed E-state index contributed by atoms with van der Waals surface area (Å²) in [6.07, 6.45) is 3.25. The highest BCUT2D eigenvalue weighted by atomic mass is 35.5. The highest BCUT2D eigenvalue weighted by Crippen LogP contribution is 2.36. The lowest BCUT2D eigenvalue weighted by atomic mass is 9.76. The Morgan fingerprint density at radius 2 is 2.00 bits per heavy atom. The average Bonchev–Trinajstić information content (AvgIpc) is 2.98. The molecule has 0 N–H and O–H groups in total. The molecule has 2 aromatic rings. The molecule has 0 fully saturated rings. The molecule has 2 rings (SSSR count). The molecule has 1 unspecified atom stereocenters. The Kier molecular flexibility index (Phi) is 5.32. The summed E-state index contributed by atoms with van der Waals surface area (Å²) in [5.41, 5.74) is 0.297. The minimum absolute atomic E-state index is 0.213. The van der Waals surface area contributed by atoms with Crippen LogP contribution in [0.3, 0.4) is 0 Å². The molecule has 1 atom stereocenters. The molecule has 0 saturated carbocycles. The number of aromatic nitrogens is 3. The van der Waals surface area contributed by atoms with E-state index in [9.17, 15) is 0 Å². The summed E-state index contributed by atoms with van der Waals surface area (Å²) in [4.78, 5) is 3.99. The second-order valence-electron chi connectivity index (χ2n) is 6.61. The monoisotopic (exact) mass is 337 g/mol. The van der Waals surface area contributed by atoms with Crippen molar-refractivity contribution >= 4 is 11.6 Å². The van der Waals surface area contributed by atoms with Crippen molar-refractivity contribution in [2.45, 2.75) is 39.8 Å². The Balaban J connectivity index is 2.12. The van der Waals surface area contributed by atoms with Crippen LogP contribution in [0.15, 0.2) is 30.9 Å². The van der Waals surface area contributed by atoms with Crippen LogP contribution in [0.25, 0.3) is 0 Å². The second-order valence-corrected chi connectivity index (χ2v) is 7.05. The van der Waals surface area contributed by atoms with E-state index in [0.717, 1.165) is 11.3 Å². The van der Waals surface area contributed by atoms with Gasteiger partial charge >= 0.3 is 0 Å². The van der Waals surface area contributed by atoms with Crippen molar-refractivity contribution in [2.24, 2.45) is 5.41 Å². The lowest BCUT2D eigenvalue weighted by Gasteiger charge is -2.42. The van der Waals surface area contributed by atoms with E-state index in [0.29, 0.717) is 18.2 Å². The lowest BCUT2D eigenvalue weighted by Crippen LogP contribution is -2.50. The van der Waals surface area contributed by atoms with Crippen LogP contribution in [-0.2, 0) is 11.3 Å². The first-order valence-electron chi connectivity index (χ1n) is 7.54. The molecule has 126 valence electrons. The summed E-state index contributed by atoms with van der Waals surface area (Å²) < 4.78 is 13.7. The maximum atomic E-state index is 6.02. The van der Waals surface area contributed by atoms with Crippen molar-refractivity contribution in [3.05, 3.63) is 41.4 Å². The van der Waals surface area contributed by atoms with E-state index in [1.165, 1.54) is 6.33 Å². The van der Waals surface area contributed by atoms with Gasteiger partial charge in [0, 0.05) is 17.5 Å². The van der Waals surface area contributed by atoms with Gasteiger partial charge in [-0.1, -0.05) is 25.4 Å². The van der Waals surface area contributed by atoms with E-state index >= 15 is 0 Å². The minimum atomic E-state index is -0.495. The van der Waals surface area contributed by atoms with Crippen molar-refractivity contribution in [3.63, 3.8) is 0 Å². The molecule has 0 spiro atoms. The quantitative estimate of drug-likeness (QED) is 0.772. The van der Waals surface area contributed by atoms with E-state index in [2.05, 4.69) is 30.9 Å². The van der Waals surface area contributed by atoms with Crippen LogP contribution < -0.4 is 4.74 Å². The average molecular weight is 338 g/mol. The summed E-state index contributed by atoms with van der Waals surface area (Å²) in [5, 5.41) is 4.89. The van der Waals surface area contributed by atoms with Crippen LogP contribution in [0.5, 0.6) is 5.75 Å². The summed E-state index contributed by atoms with van der Waals surface area (Å²) in [5.74, 6) is 0.814. The van der Waals surface area contributed by atoms with Crippen LogP contribution in [-0.4, -0.2) is 34.1 Å². The van der Waals surface area contributed by atoms with Gasteiger partial charge in [-0.05, 0) is 37.6 Å². The number of hydrogen-bond donors (Lipinski definition) is 0. The molecule has 0 bridgehead atoms. The molecule has 1 aromatic heterocycles. The third kappa shape index (κ3) is 4.03. The summed E-state index contributed by atoms with van der Waals surface area (Å²) in [7, 11) is 1.71. The lowest BCUT2D eigenvalue weighted by molar-refractivity contribution is -0.117. The zero-order valence-corrected chi connectivity index (χ0v) is 15.1.